The molecule has 7 heteroatoms. The van der Waals surface area contributed by atoms with Crippen molar-refractivity contribution in [3.8, 4) is 0 Å². The molecule has 0 fully saturated rings. The van der Waals surface area contributed by atoms with E-state index in [1.54, 1.807) is 24.7 Å². The highest BCUT2D eigenvalue weighted by Crippen LogP contribution is 2.18. The van der Waals surface area contributed by atoms with Crippen molar-refractivity contribution < 1.29 is 13.9 Å². The fourth-order valence-electron chi connectivity index (χ4n) is 1.93. The molecular formula is C13H16FN3O2S. The molecule has 1 aromatic carbocycles. The number of imidazole rings is 1. The van der Waals surface area contributed by atoms with Crippen LogP contribution in [0.25, 0.3) is 11.0 Å². The minimum Gasteiger partial charge on any atom is -0.383 e. The summed E-state index contributed by atoms with van der Waals surface area (Å²) in [6.07, 6.45) is 0. The summed E-state index contributed by atoms with van der Waals surface area (Å²) in [5.74, 6) is -0.466. The maximum atomic E-state index is 13.5. The van der Waals surface area contributed by atoms with E-state index in [0.717, 1.165) is 5.52 Å². The number of methoxy groups -OCH3 is 1. The average molecular weight is 297 g/mol. The number of aromatic amines is 1. The molecule has 0 unspecified atom stereocenters. The van der Waals surface area contributed by atoms with Crippen LogP contribution in [0.4, 0.5) is 4.39 Å². The van der Waals surface area contributed by atoms with Crippen LogP contribution in [0.15, 0.2) is 12.1 Å². The van der Waals surface area contributed by atoms with E-state index in [0.29, 0.717) is 29.0 Å². The molecule has 2 aromatic rings. The molecule has 0 saturated heterocycles. The fraction of sp³-hybridized carbons (Fsp3) is 0.385. The van der Waals surface area contributed by atoms with E-state index in [2.05, 4.69) is 10.3 Å². The standard InChI is InChI=1S/C13H16FN3O2S/c1-8-5-11-10(6-9(8)14)16-13(20)17(11)7-12(18)15-3-4-19-2/h5-6H,3-4,7H2,1-2H3,(H,15,18)(H,16,20). The first-order valence-electron chi connectivity index (χ1n) is 6.17. The van der Waals surface area contributed by atoms with Crippen LogP contribution in [-0.4, -0.2) is 35.7 Å². The van der Waals surface area contributed by atoms with Crippen molar-refractivity contribution in [2.75, 3.05) is 20.3 Å². The largest absolute Gasteiger partial charge is 0.383 e. The Bertz CT molecular complexity index is 693. The first-order chi connectivity index (χ1) is 9.52. The molecule has 108 valence electrons. The van der Waals surface area contributed by atoms with Crippen molar-refractivity contribution in [2.45, 2.75) is 13.5 Å². The maximum absolute atomic E-state index is 13.5. The summed E-state index contributed by atoms with van der Waals surface area (Å²) in [5.41, 5.74) is 1.82. The van der Waals surface area contributed by atoms with Gasteiger partial charge in [0, 0.05) is 13.7 Å². The molecule has 0 saturated carbocycles. The number of benzene rings is 1. The van der Waals surface area contributed by atoms with Crippen LogP contribution in [-0.2, 0) is 16.1 Å². The zero-order valence-corrected chi connectivity index (χ0v) is 12.1. The number of fused-ring (bicyclic) bond motifs is 1. The van der Waals surface area contributed by atoms with Gasteiger partial charge < -0.3 is 19.6 Å². The zero-order chi connectivity index (χ0) is 14.7. The molecule has 5 nitrogen and oxygen atoms in total. The van der Waals surface area contributed by atoms with Crippen molar-refractivity contribution >= 4 is 29.2 Å². The lowest BCUT2D eigenvalue weighted by atomic mass is 10.2. The number of hydrogen-bond acceptors (Lipinski definition) is 3. The molecule has 2 N–H and O–H groups in total. The number of nitrogens with one attached hydrogen (secondary N) is 2. The zero-order valence-electron chi connectivity index (χ0n) is 11.3. The predicted octanol–water partition coefficient (Wildman–Crippen LogP) is 1.91. The van der Waals surface area contributed by atoms with Crippen LogP contribution >= 0.6 is 12.2 Å². The fourth-order valence-corrected chi connectivity index (χ4v) is 2.20. The van der Waals surface area contributed by atoms with Gasteiger partial charge in [-0.1, -0.05) is 0 Å². The van der Waals surface area contributed by atoms with Crippen molar-refractivity contribution in [1.82, 2.24) is 14.9 Å². The van der Waals surface area contributed by atoms with Crippen LogP contribution in [0.1, 0.15) is 5.56 Å². The minimum absolute atomic E-state index is 0.0909. The summed E-state index contributed by atoms with van der Waals surface area (Å²) in [7, 11) is 1.57. The van der Waals surface area contributed by atoms with Crippen LogP contribution in [0, 0.1) is 17.5 Å². The predicted molar refractivity (Wildman–Crippen MR) is 76.7 cm³/mol. The Morgan fingerprint density at radius 2 is 2.30 bits per heavy atom. The monoisotopic (exact) mass is 297 g/mol. The van der Waals surface area contributed by atoms with E-state index < -0.39 is 0 Å². The third kappa shape index (κ3) is 3.05. The highest BCUT2D eigenvalue weighted by molar-refractivity contribution is 7.71. The molecule has 0 bridgehead atoms. The first-order valence-corrected chi connectivity index (χ1v) is 6.58. The lowest BCUT2D eigenvalue weighted by molar-refractivity contribution is -0.121. The van der Waals surface area contributed by atoms with Crippen LogP contribution in [0.2, 0.25) is 0 Å². The minimum atomic E-state index is -0.301. The Morgan fingerprint density at radius 1 is 1.55 bits per heavy atom. The van der Waals surface area contributed by atoms with E-state index in [-0.39, 0.29) is 18.3 Å². The Kier molecular flexibility index (Phi) is 4.51. The van der Waals surface area contributed by atoms with Gasteiger partial charge in [0.2, 0.25) is 5.91 Å². The number of amides is 1. The highest BCUT2D eigenvalue weighted by atomic mass is 32.1. The number of carbonyl (C=O) groups is 1. The number of H-pyrrole nitrogens is 1. The molecule has 1 heterocycles. The van der Waals surface area contributed by atoms with Gasteiger partial charge in [-0.15, -0.1) is 0 Å². The quantitative estimate of drug-likeness (QED) is 0.655. The number of halogens is 1. The Balaban J connectivity index is 2.25. The van der Waals surface area contributed by atoms with Crippen LogP contribution in [0.3, 0.4) is 0 Å². The third-order valence-electron chi connectivity index (χ3n) is 2.98. The molecule has 0 aliphatic heterocycles. The molecule has 1 aromatic heterocycles. The summed E-state index contributed by atoms with van der Waals surface area (Å²) < 4.78 is 20.4. The molecule has 20 heavy (non-hydrogen) atoms. The lowest BCUT2D eigenvalue weighted by Gasteiger charge is -2.07. The van der Waals surface area contributed by atoms with E-state index in [1.807, 2.05) is 0 Å². The van der Waals surface area contributed by atoms with Gasteiger partial charge in [0.15, 0.2) is 4.77 Å². The van der Waals surface area contributed by atoms with Crippen molar-refractivity contribution in [3.63, 3.8) is 0 Å². The van der Waals surface area contributed by atoms with Crippen LogP contribution in [0.5, 0.6) is 0 Å². The second-order valence-corrected chi connectivity index (χ2v) is 4.86. The molecule has 1 amide bonds. The molecule has 0 aliphatic rings. The smallest absolute Gasteiger partial charge is 0.240 e. The van der Waals surface area contributed by atoms with Gasteiger partial charge in [0.05, 0.1) is 17.6 Å². The molecule has 0 spiro atoms. The van der Waals surface area contributed by atoms with Crippen molar-refractivity contribution in [2.24, 2.45) is 0 Å². The number of rotatable bonds is 5. The summed E-state index contributed by atoms with van der Waals surface area (Å²) in [5, 5.41) is 2.72. The Hall–Kier alpha value is -1.73. The van der Waals surface area contributed by atoms with Gasteiger partial charge in [-0.05, 0) is 36.8 Å². The van der Waals surface area contributed by atoms with E-state index in [1.165, 1.54) is 6.07 Å². The Morgan fingerprint density at radius 3 is 3.00 bits per heavy atom. The highest BCUT2D eigenvalue weighted by Gasteiger charge is 2.10. The Labute approximate surface area is 120 Å². The van der Waals surface area contributed by atoms with Gasteiger partial charge in [-0.2, -0.15) is 0 Å². The second kappa shape index (κ2) is 6.15. The SMILES string of the molecule is COCCNC(=O)Cn1c(=S)[nH]c2cc(F)c(C)cc21. The summed E-state index contributed by atoms with van der Waals surface area (Å²) >= 11 is 5.17. The number of carbonyl (C=O) groups excluding carboxylic acids is 1. The molecule has 0 aliphatic carbocycles. The average Bonchev–Trinajstić information content (AvgIpc) is 2.67. The van der Waals surface area contributed by atoms with Gasteiger partial charge in [-0.3, -0.25) is 4.79 Å². The normalized spacial score (nSPS) is 10.9. The molecule has 0 radical (unpaired) electrons. The number of aryl methyl sites for hydroxylation is 1. The van der Waals surface area contributed by atoms with E-state index >= 15 is 0 Å². The lowest BCUT2D eigenvalue weighted by Crippen LogP contribution is -2.30. The van der Waals surface area contributed by atoms with Crippen molar-refractivity contribution in [1.29, 1.82) is 0 Å². The van der Waals surface area contributed by atoms with E-state index in [4.69, 9.17) is 17.0 Å². The summed E-state index contributed by atoms with van der Waals surface area (Å²) in [6, 6.07) is 3.07. The molecule has 2 rings (SSSR count). The van der Waals surface area contributed by atoms with Gasteiger partial charge in [0.25, 0.3) is 0 Å². The van der Waals surface area contributed by atoms with Gasteiger partial charge in [-0.25, -0.2) is 4.39 Å². The topological polar surface area (TPSA) is 59.0 Å². The van der Waals surface area contributed by atoms with Crippen LogP contribution < -0.4 is 5.32 Å². The number of ether oxygens (including phenoxy) is 1. The first kappa shape index (κ1) is 14.7. The number of aromatic nitrogens is 2. The summed E-state index contributed by atoms with van der Waals surface area (Å²) in [4.78, 5) is 14.7. The molecule has 0 atom stereocenters. The van der Waals surface area contributed by atoms with Gasteiger partial charge >= 0.3 is 0 Å². The number of hydrogen-bond donors (Lipinski definition) is 2. The number of nitrogens with zero attached hydrogens (tertiary/aromatic N) is 1. The van der Waals surface area contributed by atoms with Crippen molar-refractivity contribution in [3.05, 3.63) is 28.3 Å². The van der Waals surface area contributed by atoms with Gasteiger partial charge in [0.1, 0.15) is 12.4 Å². The maximum Gasteiger partial charge on any atom is 0.240 e. The summed E-state index contributed by atoms with van der Waals surface area (Å²) in [6.45, 7) is 2.66. The van der Waals surface area contributed by atoms with E-state index in [9.17, 15) is 9.18 Å². The third-order valence-corrected chi connectivity index (χ3v) is 3.31. The molecular weight excluding hydrogens is 281 g/mol. The second-order valence-electron chi connectivity index (χ2n) is 4.48.